The van der Waals surface area contributed by atoms with Crippen LogP contribution in [0, 0.1) is 0 Å². The van der Waals surface area contributed by atoms with Crippen molar-refractivity contribution < 1.29 is 29.3 Å². The largest absolute Gasteiger partial charge is 0.234 e. The van der Waals surface area contributed by atoms with Gasteiger partial charge in [0.15, 0.2) is 0 Å². The maximum atomic E-state index is 5.93. The van der Waals surface area contributed by atoms with Crippen LogP contribution in [-0.2, 0) is 29.3 Å². The van der Waals surface area contributed by atoms with Crippen molar-refractivity contribution in [2.45, 2.75) is 121 Å². The van der Waals surface area contributed by atoms with Crippen molar-refractivity contribution >= 4 is 22.6 Å². The molecule has 1 saturated carbocycles. The number of rotatable bonds is 1. The van der Waals surface area contributed by atoms with Crippen LogP contribution in [-0.4, -0.2) is 34.6 Å². The third-order valence-corrected chi connectivity index (χ3v) is 7.40. The Morgan fingerprint density at radius 2 is 1.07 bits per heavy atom. The molecule has 0 bridgehead atoms. The van der Waals surface area contributed by atoms with Crippen molar-refractivity contribution in [3.63, 3.8) is 0 Å². The van der Waals surface area contributed by atoms with E-state index >= 15 is 0 Å². The second-order valence-electron chi connectivity index (χ2n) is 9.41. The summed E-state index contributed by atoms with van der Waals surface area (Å²) in [4.78, 5) is 34.7. The molecule has 1 spiro atoms. The van der Waals surface area contributed by atoms with E-state index in [4.69, 9.17) is 29.3 Å². The lowest BCUT2D eigenvalue weighted by Crippen LogP contribution is -2.38. The second kappa shape index (κ2) is 13.1. The van der Waals surface area contributed by atoms with Crippen LogP contribution in [0.25, 0.3) is 0 Å². The van der Waals surface area contributed by atoms with Crippen LogP contribution >= 0.6 is 22.6 Å². The smallest absolute Gasteiger partial charge is 0.233 e. The van der Waals surface area contributed by atoms with Gasteiger partial charge in [0, 0.05) is 30.1 Å². The SMILES string of the molecule is CC1(C)CCOOC2(CCCCCCCCCCC2)OOCCC(C)(CI)OO1. The van der Waals surface area contributed by atoms with Gasteiger partial charge in [0.1, 0.15) is 11.2 Å². The number of hydrogen-bond donors (Lipinski definition) is 0. The van der Waals surface area contributed by atoms with E-state index in [0.717, 1.165) is 30.1 Å². The van der Waals surface area contributed by atoms with E-state index in [-0.39, 0.29) is 0 Å². The number of hydrogen-bond acceptors (Lipinski definition) is 6. The first-order valence-corrected chi connectivity index (χ1v) is 13.0. The summed E-state index contributed by atoms with van der Waals surface area (Å²) >= 11 is 2.32. The third kappa shape index (κ3) is 10.1. The monoisotopic (exact) mass is 528 g/mol. The standard InChI is InChI=1S/C22H41IO6/c1-20(2)15-17-24-28-22(29-25-18-16-21(3,19-23)27-26-20)13-11-9-7-5-4-6-8-10-12-14-22/h4-19H2,1-3H3. The number of halogens is 1. The minimum absolute atomic E-state index is 0.405. The Kier molecular flexibility index (Phi) is 11.7. The number of alkyl halides is 1. The Bertz CT molecular complexity index is 435. The molecule has 0 aromatic heterocycles. The van der Waals surface area contributed by atoms with E-state index in [1.165, 1.54) is 44.9 Å². The molecule has 0 radical (unpaired) electrons. The zero-order valence-corrected chi connectivity index (χ0v) is 20.8. The van der Waals surface area contributed by atoms with E-state index in [2.05, 4.69) is 22.6 Å². The predicted octanol–water partition coefficient (Wildman–Crippen LogP) is 6.60. The van der Waals surface area contributed by atoms with Gasteiger partial charge in [-0.3, -0.25) is 0 Å². The Morgan fingerprint density at radius 1 is 0.586 bits per heavy atom. The molecule has 1 unspecified atom stereocenters. The quantitative estimate of drug-likeness (QED) is 0.217. The topological polar surface area (TPSA) is 55.4 Å². The molecule has 2 rings (SSSR count). The Morgan fingerprint density at radius 3 is 1.59 bits per heavy atom. The molecule has 1 aliphatic carbocycles. The molecule has 29 heavy (non-hydrogen) atoms. The summed E-state index contributed by atoms with van der Waals surface area (Å²) < 4.78 is 0.794. The van der Waals surface area contributed by atoms with Gasteiger partial charge in [0.25, 0.3) is 0 Å². The molecule has 0 aromatic carbocycles. The fourth-order valence-electron chi connectivity index (χ4n) is 3.56. The van der Waals surface area contributed by atoms with Gasteiger partial charge in [-0.15, -0.1) is 0 Å². The Labute approximate surface area is 190 Å². The summed E-state index contributed by atoms with van der Waals surface area (Å²) in [5, 5.41) is 0. The summed E-state index contributed by atoms with van der Waals surface area (Å²) in [5.41, 5.74) is -0.900. The van der Waals surface area contributed by atoms with Crippen molar-refractivity contribution in [2.24, 2.45) is 0 Å². The van der Waals surface area contributed by atoms with Gasteiger partial charge in [0.05, 0.1) is 13.2 Å². The molecule has 2 aliphatic rings. The lowest BCUT2D eigenvalue weighted by Gasteiger charge is -2.31. The van der Waals surface area contributed by atoms with E-state index < -0.39 is 17.0 Å². The van der Waals surface area contributed by atoms with E-state index in [1.54, 1.807) is 0 Å². The molecule has 172 valence electrons. The summed E-state index contributed by atoms with van der Waals surface area (Å²) in [6.45, 7) is 6.86. The lowest BCUT2D eigenvalue weighted by atomic mass is 9.97. The fourth-order valence-corrected chi connectivity index (χ4v) is 4.07. The molecular weight excluding hydrogens is 487 g/mol. The van der Waals surface area contributed by atoms with Crippen molar-refractivity contribution in [3.8, 4) is 0 Å². The van der Waals surface area contributed by atoms with Gasteiger partial charge < -0.3 is 0 Å². The molecular formula is C22H41IO6. The Balaban J connectivity index is 2.05. The van der Waals surface area contributed by atoms with Crippen molar-refractivity contribution in [1.29, 1.82) is 0 Å². The van der Waals surface area contributed by atoms with Crippen molar-refractivity contribution in [3.05, 3.63) is 0 Å². The predicted molar refractivity (Wildman–Crippen MR) is 120 cm³/mol. The zero-order chi connectivity index (χ0) is 21.1. The van der Waals surface area contributed by atoms with E-state index in [9.17, 15) is 0 Å². The average Bonchev–Trinajstić information content (AvgIpc) is 2.70. The highest BCUT2D eigenvalue weighted by Crippen LogP contribution is 2.32. The fraction of sp³-hybridized carbons (Fsp3) is 1.00. The summed E-state index contributed by atoms with van der Waals surface area (Å²) in [6.07, 6.45) is 13.9. The Hall–Kier alpha value is 0.490. The van der Waals surface area contributed by atoms with Crippen LogP contribution < -0.4 is 0 Å². The van der Waals surface area contributed by atoms with Crippen LogP contribution in [0.15, 0.2) is 0 Å². The van der Waals surface area contributed by atoms with Gasteiger partial charge in [-0.05, 0) is 33.6 Å². The maximum absolute atomic E-state index is 5.93. The van der Waals surface area contributed by atoms with Gasteiger partial charge >= 0.3 is 0 Å². The first kappa shape index (κ1) is 25.7. The molecule has 1 atom stereocenters. The molecule has 2 fully saturated rings. The molecule has 1 heterocycles. The highest BCUT2D eigenvalue weighted by atomic mass is 127. The molecule has 0 amide bonds. The van der Waals surface area contributed by atoms with Crippen LogP contribution in [0.3, 0.4) is 0 Å². The first-order valence-electron chi connectivity index (χ1n) is 11.4. The molecule has 7 heteroatoms. The lowest BCUT2D eigenvalue weighted by molar-refractivity contribution is -0.515. The third-order valence-electron chi connectivity index (χ3n) is 5.79. The molecule has 0 N–H and O–H groups in total. The average molecular weight is 528 g/mol. The molecule has 1 aliphatic heterocycles. The van der Waals surface area contributed by atoms with Crippen LogP contribution in [0.5, 0.6) is 0 Å². The summed E-state index contributed by atoms with van der Waals surface area (Å²) in [7, 11) is 0. The summed E-state index contributed by atoms with van der Waals surface area (Å²) in [6, 6.07) is 0. The highest BCUT2D eigenvalue weighted by molar-refractivity contribution is 14.1. The first-order chi connectivity index (χ1) is 13.9. The van der Waals surface area contributed by atoms with Crippen molar-refractivity contribution in [2.75, 3.05) is 17.6 Å². The van der Waals surface area contributed by atoms with Crippen LogP contribution in [0.2, 0.25) is 0 Å². The highest BCUT2D eigenvalue weighted by Gasteiger charge is 2.37. The van der Waals surface area contributed by atoms with E-state index in [0.29, 0.717) is 26.1 Å². The van der Waals surface area contributed by atoms with Gasteiger partial charge in [-0.25, -0.2) is 19.6 Å². The molecule has 1 saturated heterocycles. The van der Waals surface area contributed by atoms with Gasteiger partial charge in [0.2, 0.25) is 5.79 Å². The van der Waals surface area contributed by atoms with Gasteiger partial charge in [-0.2, -0.15) is 9.78 Å². The minimum Gasteiger partial charge on any atom is -0.234 e. The maximum Gasteiger partial charge on any atom is 0.233 e. The van der Waals surface area contributed by atoms with Crippen LogP contribution in [0.4, 0.5) is 0 Å². The molecule has 6 nitrogen and oxygen atoms in total. The minimum atomic E-state index is -0.833. The van der Waals surface area contributed by atoms with E-state index in [1.807, 2.05) is 20.8 Å². The molecule has 0 aromatic rings. The van der Waals surface area contributed by atoms with Gasteiger partial charge in [-0.1, -0.05) is 67.5 Å². The normalized spacial score (nSPS) is 31.4. The van der Waals surface area contributed by atoms with Crippen molar-refractivity contribution in [1.82, 2.24) is 0 Å². The zero-order valence-electron chi connectivity index (χ0n) is 18.6. The van der Waals surface area contributed by atoms with Crippen LogP contribution in [0.1, 0.15) is 104 Å². The summed E-state index contributed by atoms with van der Waals surface area (Å²) in [5.74, 6) is -0.833. The second-order valence-corrected chi connectivity index (χ2v) is 10.2.